The Balaban J connectivity index is 1.51. The van der Waals surface area contributed by atoms with Crippen molar-refractivity contribution in [3.63, 3.8) is 0 Å². The first-order valence-electron chi connectivity index (χ1n) is 10.5. The van der Waals surface area contributed by atoms with Gasteiger partial charge in [0.25, 0.3) is 0 Å². The summed E-state index contributed by atoms with van der Waals surface area (Å²) in [7, 11) is 1.33. The monoisotopic (exact) mass is 439 g/mol. The van der Waals surface area contributed by atoms with Crippen LogP contribution in [0.2, 0.25) is 5.02 Å². The van der Waals surface area contributed by atoms with E-state index in [2.05, 4.69) is 34.4 Å². The second kappa shape index (κ2) is 9.54. The zero-order chi connectivity index (χ0) is 21.8. The summed E-state index contributed by atoms with van der Waals surface area (Å²) >= 11 is 5.97. The predicted octanol–water partition coefficient (Wildman–Crippen LogP) is 5.76. The van der Waals surface area contributed by atoms with Gasteiger partial charge in [0.05, 0.1) is 7.11 Å². The number of nitrogens with one attached hydrogen (secondary N) is 1. The standard InChI is InChI=1S/C24H26ClN3O3/c1-16-11-13-28(14-12-16)15-17-3-9-20(10-4-17)26-23-21(24(29)30-2)22(27-31-23)18-5-7-19(25)8-6-18/h3-10,16,26H,11-15H2,1-2H3. The minimum atomic E-state index is -0.523. The van der Waals surface area contributed by atoms with Crippen LogP contribution in [0.15, 0.2) is 53.1 Å². The number of carbonyl (C=O) groups excluding carboxylic acids is 1. The maximum Gasteiger partial charge on any atom is 0.345 e. The summed E-state index contributed by atoms with van der Waals surface area (Å²) in [6, 6.07) is 15.2. The van der Waals surface area contributed by atoms with E-state index in [4.69, 9.17) is 20.9 Å². The fraction of sp³-hybridized carbons (Fsp3) is 0.333. The van der Waals surface area contributed by atoms with Crippen LogP contribution < -0.4 is 5.32 Å². The van der Waals surface area contributed by atoms with E-state index in [9.17, 15) is 4.79 Å². The summed E-state index contributed by atoms with van der Waals surface area (Å²) in [6.07, 6.45) is 2.52. The van der Waals surface area contributed by atoms with Crippen molar-refractivity contribution in [3.8, 4) is 11.3 Å². The first-order chi connectivity index (χ1) is 15.0. The van der Waals surface area contributed by atoms with Crippen LogP contribution in [0.25, 0.3) is 11.3 Å². The van der Waals surface area contributed by atoms with Crippen LogP contribution in [0, 0.1) is 5.92 Å². The highest BCUT2D eigenvalue weighted by Gasteiger charge is 2.25. The van der Waals surface area contributed by atoms with Gasteiger partial charge in [-0.25, -0.2) is 4.79 Å². The molecule has 162 valence electrons. The fourth-order valence-electron chi connectivity index (χ4n) is 3.77. The number of anilines is 2. The van der Waals surface area contributed by atoms with Gasteiger partial charge in [0.1, 0.15) is 5.69 Å². The van der Waals surface area contributed by atoms with E-state index >= 15 is 0 Å². The Morgan fingerprint density at radius 1 is 1.16 bits per heavy atom. The number of benzene rings is 2. The third-order valence-electron chi connectivity index (χ3n) is 5.69. The molecule has 6 nitrogen and oxygen atoms in total. The number of nitrogens with zero attached hydrogens (tertiary/aromatic N) is 2. The molecule has 2 aromatic carbocycles. The van der Waals surface area contributed by atoms with Crippen molar-refractivity contribution in [2.24, 2.45) is 5.92 Å². The minimum absolute atomic E-state index is 0.245. The van der Waals surface area contributed by atoms with Gasteiger partial charge >= 0.3 is 5.97 Å². The van der Waals surface area contributed by atoms with Crippen LogP contribution in [0.4, 0.5) is 11.6 Å². The molecular formula is C24H26ClN3O3. The van der Waals surface area contributed by atoms with Crippen LogP contribution in [0.1, 0.15) is 35.7 Å². The lowest BCUT2D eigenvalue weighted by molar-refractivity contribution is 0.0602. The Labute approximate surface area is 187 Å². The molecule has 1 N–H and O–H groups in total. The van der Waals surface area contributed by atoms with Crippen LogP contribution in [-0.2, 0) is 11.3 Å². The first kappa shape index (κ1) is 21.4. The van der Waals surface area contributed by atoms with Crippen LogP contribution in [0.5, 0.6) is 0 Å². The molecule has 1 aliphatic heterocycles. The summed E-state index contributed by atoms with van der Waals surface area (Å²) in [5.74, 6) is 0.547. The number of ether oxygens (including phenoxy) is 1. The van der Waals surface area contributed by atoms with Crippen molar-refractivity contribution in [1.82, 2.24) is 10.1 Å². The summed E-state index contributed by atoms with van der Waals surface area (Å²) in [5.41, 5.74) is 3.43. The van der Waals surface area contributed by atoms with Crippen molar-refractivity contribution >= 4 is 29.1 Å². The zero-order valence-electron chi connectivity index (χ0n) is 17.7. The number of piperidine rings is 1. The molecule has 0 atom stereocenters. The minimum Gasteiger partial charge on any atom is -0.465 e. The van der Waals surface area contributed by atoms with E-state index < -0.39 is 5.97 Å². The van der Waals surface area contributed by atoms with Gasteiger partial charge in [-0.3, -0.25) is 4.90 Å². The number of hydrogen-bond donors (Lipinski definition) is 1. The highest BCUT2D eigenvalue weighted by Crippen LogP contribution is 2.32. The number of halogens is 1. The molecule has 0 saturated carbocycles. The second-order valence-corrected chi connectivity index (χ2v) is 8.45. The largest absolute Gasteiger partial charge is 0.465 e. The summed E-state index contributed by atoms with van der Waals surface area (Å²) in [4.78, 5) is 14.9. The lowest BCUT2D eigenvalue weighted by Crippen LogP contribution is -2.32. The topological polar surface area (TPSA) is 67.6 Å². The van der Waals surface area contributed by atoms with Crippen LogP contribution in [-0.4, -0.2) is 36.2 Å². The molecule has 0 unspecified atom stereocenters. The fourth-order valence-corrected chi connectivity index (χ4v) is 3.90. The van der Waals surface area contributed by atoms with Crippen molar-refractivity contribution in [3.05, 3.63) is 64.7 Å². The van der Waals surface area contributed by atoms with E-state index in [1.54, 1.807) is 24.3 Å². The molecule has 0 radical (unpaired) electrons. The molecule has 1 saturated heterocycles. The van der Waals surface area contributed by atoms with Gasteiger partial charge in [-0.1, -0.05) is 47.9 Å². The van der Waals surface area contributed by atoms with Crippen molar-refractivity contribution < 1.29 is 14.1 Å². The number of rotatable bonds is 6. The molecular weight excluding hydrogens is 414 g/mol. The highest BCUT2D eigenvalue weighted by molar-refractivity contribution is 6.30. The Hall–Kier alpha value is -2.83. The van der Waals surface area contributed by atoms with E-state index in [0.29, 0.717) is 16.3 Å². The summed E-state index contributed by atoms with van der Waals surface area (Å²) in [6.45, 7) is 5.57. The summed E-state index contributed by atoms with van der Waals surface area (Å²) in [5, 5.41) is 7.85. The Morgan fingerprint density at radius 2 is 1.84 bits per heavy atom. The van der Waals surface area contributed by atoms with Crippen molar-refractivity contribution in [2.45, 2.75) is 26.3 Å². The predicted molar refractivity (Wildman–Crippen MR) is 122 cm³/mol. The van der Waals surface area contributed by atoms with E-state index in [1.165, 1.54) is 25.5 Å². The number of carbonyl (C=O) groups is 1. The van der Waals surface area contributed by atoms with Gasteiger partial charge in [0, 0.05) is 22.8 Å². The molecule has 2 heterocycles. The SMILES string of the molecule is COC(=O)c1c(-c2ccc(Cl)cc2)noc1Nc1ccc(CN2CCC(C)CC2)cc1. The normalized spacial score (nSPS) is 15.1. The zero-order valence-corrected chi connectivity index (χ0v) is 18.5. The molecule has 0 bridgehead atoms. The van der Waals surface area contributed by atoms with Crippen LogP contribution in [0.3, 0.4) is 0 Å². The number of aromatic nitrogens is 1. The van der Waals surface area contributed by atoms with Crippen molar-refractivity contribution in [1.29, 1.82) is 0 Å². The Morgan fingerprint density at radius 3 is 2.48 bits per heavy atom. The highest BCUT2D eigenvalue weighted by atomic mass is 35.5. The lowest BCUT2D eigenvalue weighted by Gasteiger charge is -2.30. The third kappa shape index (κ3) is 5.09. The number of methoxy groups -OCH3 is 1. The maximum atomic E-state index is 12.5. The Kier molecular flexibility index (Phi) is 6.59. The van der Waals surface area contributed by atoms with Gasteiger partial charge in [-0.05, 0) is 61.7 Å². The van der Waals surface area contributed by atoms with E-state index in [1.807, 2.05) is 12.1 Å². The van der Waals surface area contributed by atoms with Crippen molar-refractivity contribution in [2.75, 3.05) is 25.5 Å². The van der Waals surface area contributed by atoms with Gasteiger partial charge in [-0.2, -0.15) is 0 Å². The quantitative estimate of drug-likeness (QED) is 0.492. The number of hydrogen-bond acceptors (Lipinski definition) is 6. The molecule has 1 fully saturated rings. The molecule has 0 spiro atoms. The maximum absolute atomic E-state index is 12.5. The van der Waals surface area contributed by atoms with E-state index in [-0.39, 0.29) is 11.4 Å². The molecule has 0 amide bonds. The van der Waals surface area contributed by atoms with Gasteiger partial charge in [0.15, 0.2) is 5.56 Å². The lowest BCUT2D eigenvalue weighted by atomic mass is 9.99. The molecule has 1 aromatic heterocycles. The molecule has 3 aromatic rings. The molecule has 31 heavy (non-hydrogen) atoms. The smallest absolute Gasteiger partial charge is 0.345 e. The van der Waals surface area contributed by atoms with Gasteiger partial charge < -0.3 is 14.6 Å². The number of likely N-dealkylation sites (tertiary alicyclic amines) is 1. The molecule has 4 rings (SSSR count). The molecule has 0 aliphatic carbocycles. The van der Waals surface area contributed by atoms with Crippen LogP contribution >= 0.6 is 11.6 Å². The summed E-state index contributed by atoms with van der Waals surface area (Å²) < 4.78 is 10.4. The van der Waals surface area contributed by atoms with Gasteiger partial charge in [-0.15, -0.1) is 0 Å². The number of esters is 1. The average molecular weight is 440 g/mol. The van der Waals surface area contributed by atoms with E-state index in [0.717, 1.165) is 31.2 Å². The second-order valence-electron chi connectivity index (χ2n) is 8.01. The Bertz CT molecular complexity index is 1020. The molecule has 7 heteroatoms. The first-order valence-corrected chi connectivity index (χ1v) is 10.8. The molecule has 1 aliphatic rings. The average Bonchev–Trinajstić information content (AvgIpc) is 3.20. The third-order valence-corrected chi connectivity index (χ3v) is 5.95. The van der Waals surface area contributed by atoms with Gasteiger partial charge in [0.2, 0.25) is 5.88 Å².